The van der Waals surface area contributed by atoms with E-state index >= 15 is 0 Å². The second-order valence-electron chi connectivity index (χ2n) is 16.5. The highest BCUT2D eigenvalue weighted by Crippen LogP contribution is 2.16. The largest absolute Gasteiger partial charge is 0.462 e. The molecule has 0 spiro atoms. The molecule has 0 aliphatic heterocycles. The number of esters is 2. The quantitative estimate of drug-likeness (QED) is 0.0380. The fourth-order valence-electron chi connectivity index (χ4n) is 7.38. The van der Waals surface area contributed by atoms with E-state index in [4.69, 9.17) is 9.47 Å². The van der Waals surface area contributed by atoms with Crippen LogP contribution < -0.4 is 0 Å². The standard InChI is InChI=1S/C49H94O5/c1-3-5-7-9-11-13-15-17-19-21-23-24-25-26-28-29-31-33-35-37-39-41-43-48(51)53-46-47(45-50)54-49(52)44-42-40-38-36-34-32-30-27-22-20-18-16-14-12-10-8-6-4-2/h20,22,47,50H,3-19,21,23-46H2,1-2H3/b22-20-. The summed E-state index contributed by atoms with van der Waals surface area (Å²) in [4.78, 5) is 24.4. The van der Waals surface area contributed by atoms with Gasteiger partial charge in [0, 0.05) is 12.8 Å². The molecule has 1 atom stereocenters. The Kier molecular flexibility index (Phi) is 44.9. The van der Waals surface area contributed by atoms with Gasteiger partial charge in [-0.2, -0.15) is 0 Å². The Bertz CT molecular complexity index is 780. The highest BCUT2D eigenvalue weighted by atomic mass is 16.6. The van der Waals surface area contributed by atoms with Gasteiger partial charge in [0.2, 0.25) is 0 Å². The summed E-state index contributed by atoms with van der Waals surface area (Å²) >= 11 is 0. The summed E-state index contributed by atoms with van der Waals surface area (Å²) in [7, 11) is 0. The molecule has 1 unspecified atom stereocenters. The minimum absolute atomic E-state index is 0.0608. The van der Waals surface area contributed by atoms with Gasteiger partial charge in [-0.3, -0.25) is 9.59 Å². The lowest BCUT2D eigenvalue weighted by atomic mass is 10.0. The number of carbonyl (C=O) groups excluding carboxylic acids is 2. The molecule has 0 saturated heterocycles. The molecule has 0 aliphatic carbocycles. The molecule has 320 valence electrons. The van der Waals surface area contributed by atoms with Crippen molar-refractivity contribution in [2.24, 2.45) is 0 Å². The van der Waals surface area contributed by atoms with Crippen molar-refractivity contribution in [3.05, 3.63) is 12.2 Å². The molecule has 0 aliphatic rings. The van der Waals surface area contributed by atoms with Crippen LogP contribution in [-0.4, -0.2) is 36.4 Å². The third-order valence-electron chi connectivity index (χ3n) is 11.1. The summed E-state index contributed by atoms with van der Waals surface area (Å²) in [6.07, 6.45) is 54.4. The van der Waals surface area contributed by atoms with Crippen LogP contribution in [0.1, 0.15) is 271 Å². The summed E-state index contributed by atoms with van der Waals surface area (Å²) in [6, 6.07) is 0. The van der Waals surface area contributed by atoms with Gasteiger partial charge in [-0.25, -0.2) is 0 Å². The summed E-state index contributed by atoms with van der Waals surface area (Å²) < 4.78 is 10.7. The van der Waals surface area contributed by atoms with Gasteiger partial charge in [0.25, 0.3) is 0 Å². The zero-order valence-electron chi connectivity index (χ0n) is 36.5. The number of aliphatic hydroxyl groups excluding tert-OH is 1. The van der Waals surface area contributed by atoms with Crippen molar-refractivity contribution in [1.29, 1.82) is 0 Å². The molecule has 0 saturated carbocycles. The number of hydrogen-bond donors (Lipinski definition) is 1. The average molecular weight is 763 g/mol. The first-order valence-electron chi connectivity index (χ1n) is 24.2. The van der Waals surface area contributed by atoms with Crippen molar-refractivity contribution in [3.8, 4) is 0 Å². The number of carbonyl (C=O) groups is 2. The molecule has 0 radical (unpaired) electrons. The van der Waals surface area contributed by atoms with E-state index in [2.05, 4.69) is 26.0 Å². The minimum atomic E-state index is -0.768. The van der Waals surface area contributed by atoms with Crippen molar-refractivity contribution in [2.75, 3.05) is 13.2 Å². The van der Waals surface area contributed by atoms with E-state index in [0.717, 1.165) is 32.1 Å². The van der Waals surface area contributed by atoms with Crippen LogP contribution in [0.3, 0.4) is 0 Å². The van der Waals surface area contributed by atoms with Gasteiger partial charge < -0.3 is 14.6 Å². The van der Waals surface area contributed by atoms with Crippen LogP contribution in [0.4, 0.5) is 0 Å². The molecule has 1 N–H and O–H groups in total. The monoisotopic (exact) mass is 763 g/mol. The predicted octanol–water partition coefficient (Wildman–Crippen LogP) is 15.6. The third kappa shape index (κ3) is 43.4. The normalized spacial score (nSPS) is 12.1. The van der Waals surface area contributed by atoms with E-state index in [1.165, 1.54) is 212 Å². The average Bonchev–Trinajstić information content (AvgIpc) is 3.17. The van der Waals surface area contributed by atoms with Gasteiger partial charge in [0.15, 0.2) is 6.10 Å². The van der Waals surface area contributed by atoms with Crippen LogP contribution in [0.2, 0.25) is 0 Å². The summed E-state index contributed by atoms with van der Waals surface area (Å²) in [5, 5.41) is 9.60. The summed E-state index contributed by atoms with van der Waals surface area (Å²) in [5.74, 6) is -0.579. The van der Waals surface area contributed by atoms with Crippen molar-refractivity contribution < 1.29 is 24.2 Å². The molecule has 0 amide bonds. The smallest absolute Gasteiger partial charge is 0.306 e. The Balaban J connectivity index is 3.46. The van der Waals surface area contributed by atoms with Crippen molar-refractivity contribution in [2.45, 2.75) is 277 Å². The first-order chi connectivity index (χ1) is 26.6. The molecule has 54 heavy (non-hydrogen) atoms. The zero-order valence-corrected chi connectivity index (χ0v) is 36.5. The summed E-state index contributed by atoms with van der Waals surface area (Å²) in [5.41, 5.74) is 0. The van der Waals surface area contributed by atoms with E-state index in [9.17, 15) is 14.7 Å². The van der Waals surface area contributed by atoms with E-state index in [0.29, 0.717) is 12.8 Å². The maximum atomic E-state index is 12.2. The lowest BCUT2D eigenvalue weighted by Gasteiger charge is -2.15. The number of unbranched alkanes of at least 4 members (excludes halogenated alkanes) is 35. The Hall–Kier alpha value is -1.36. The maximum absolute atomic E-state index is 12.2. The van der Waals surface area contributed by atoms with Crippen LogP contribution in [-0.2, 0) is 19.1 Å². The Morgan fingerprint density at radius 1 is 0.407 bits per heavy atom. The molecular weight excluding hydrogens is 669 g/mol. The first-order valence-corrected chi connectivity index (χ1v) is 24.2. The number of rotatable bonds is 45. The summed E-state index contributed by atoms with van der Waals surface area (Å²) in [6.45, 7) is 4.18. The molecule has 0 fully saturated rings. The lowest BCUT2D eigenvalue weighted by molar-refractivity contribution is -0.161. The molecule has 5 nitrogen and oxygen atoms in total. The minimum Gasteiger partial charge on any atom is -0.462 e. The molecule has 0 bridgehead atoms. The third-order valence-corrected chi connectivity index (χ3v) is 11.1. The highest BCUT2D eigenvalue weighted by molar-refractivity contribution is 5.70. The first kappa shape index (κ1) is 52.6. The van der Waals surface area contributed by atoms with E-state index in [-0.39, 0.29) is 25.2 Å². The molecule has 0 aromatic rings. The van der Waals surface area contributed by atoms with Crippen LogP contribution in [0.15, 0.2) is 12.2 Å². The molecule has 0 rings (SSSR count). The lowest BCUT2D eigenvalue weighted by Crippen LogP contribution is -2.28. The van der Waals surface area contributed by atoms with Gasteiger partial charge in [-0.15, -0.1) is 0 Å². The zero-order chi connectivity index (χ0) is 39.3. The molecular formula is C49H94O5. The highest BCUT2D eigenvalue weighted by Gasteiger charge is 2.16. The Labute approximate surface area is 337 Å². The van der Waals surface area contributed by atoms with Crippen molar-refractivity contribution in [3.63, 3.8) is 0 Å². The predicted molar refractivity (Wildman–Crippen MR) is 233 cm³/mol. The molecule has 5 heteroatoms. The van der Waals surface area contributed by atoms with Crippen LogP contribution in [0.25, 0.3) is 0 Å². The second kappa shape index (κ2) is 46.0. The fraction of sp³-hybridized carbons (Fsp3) is 0.918. The second-order valence-corrected chi connectivity index (χ2v) is 16.5. The Morgan fingerprint density at radius 2 is 0.685 bits per heavy atom. The Morgan fingerprint density at radius 3 is 1.00 bits per heavy atom. The van der Waals surface area contributed by atoms with E-state index in [1.54, 1.807) is 0 Å². The van der Waals surface area contributed by atoms with E-state index < -0.39 is 6.10 Å². The van der Waals surface area contributed by atoms with Gasteiger partial charge in [-0.1, -0.05) is 231 Å². The van der Waals surface area contributed by atoms with Gasteiger partial charge in [0.05, 0.1) is 6.61 Å². The van der Waals surface area contributed by atoms with Crippen molar-refractivity contribution in [1.82, 2.24) is 0 Å². The number of allylic oxidation sites excluding steroid dienone is 2. The molecule has 0 heterocycles. The fourth-order valence-corrected chi connectivity index (χ4v) is 7.38. The van der Waals surface area contributed by atoms with Crippen LogP contribution >= 0.6 is 0 Å². The van der Waals surface area contributed by atoms with Gasteiger partial charge in [-0.05, 0) is 38.5 Å². The topological polar surface area (TPSA) is 72.8 Å². The van der Waals surface area contributed by atoms with Crippen LogP contribution in [0.5, 0.6) is 0 Å². The number of hydrogen-bond acceptors (Lipinski definition) is 5. The maximum Gasteiger partial charge on any atom is 0.306 e. The molecule has 0 aromatic heterocycles. The van der Waals surface area contributed by atoms with Crippen molar-refractivity contribution >= 4 is 11.9 Å². The van der Waals surface area contributed by atoms with E-state index in [1.807, 2.05) is 0 Å². The number of ether oxygens (including phenoxy) is 2. The SMILES string of the molecule is CCCCCCCCC/C=C\CCCCCCCCCC(=O)OC(CO)COC(=O)CCCCCCCCCCCCCCCCCCCCCCCC. The van der Waals surface area contributed by atoms with Gasteiger partial charge >= 0.3 is 11.9 Å². The van der Waals surface area contributed by atoms with Crippen LogP contribution in [0, 0.1) is 0 Å². The number of aliphatic hydroxyl groups is 1. The van der Waals surface area contributed by atoms with Gasteiger partial charge in [0.1, 0.15) is 6.61 Å². The molecule has 0 aromatic carbocycles.